The van der Waals surface area contributed by atoms with Gasteiger partial charge in [0.2, 0.25) is 0 Å². The van der Waals surface area contributed by atoms with Crippen molar-refractivity contribution in [1.82, 2.24) is 29.2 Å². The molecule has 8 nitrogen and oxygen atoms in total. The van der Waals surface area contributed by atoms with Crippen LogP contribution in [0.3, 0.4) is 0 Å². The van der Waals surface area contributed by atoms with Gasteiger partial charge in [-0.25, -0.2) is 15.0 Å². The molecule has 5 rings (SSSR count). The number of aromatic nitrogens is 6. The zero-order chi connectivity index (χ0) is 19.6. The van der Waals surface area contributed by atoms with E-state index >= 15 is 0 Å². The van der Waals surface area contributed by atoms with Crippen LogP contribution in [0, 0.1) is 6.92 Å². The van der Waals surface area contributed by atoms with Crippen LogP contribution in [0.25, 0.3) is 33.5 Å². The number of anilines is 1. The van der Waals surface area contributed by atoms with E-state index < -0.39 is 0 Å². The van der Waals surface area contributed by atoms with E-state index in [-0.39, 0.29) is 6.04 Å². The summed E-state index contributed by atoms with van der Waals surface area (Å²) in [7, 11) is 1.96. The number of imidazole rings is 1. The van der Waals surface area contributed by atoms with Crippen molar-refractivity contribution in [3.63, 3.8) is 0 Å². The van der Waals surface area contributed by atoms with E-state index in [9.17, 15) is 0 Å². The molecular weight excluding hydrogens is 354 g/mol. The van der Waals surface area contributed by atoms with Gasteiger partial charge >= 0.3 is 0 Å². The normalized spacial score (nSPS) is 14.5. The van der Waals surface area contributed by atoms with E-state index in [1.807, 2.05) is 17.8 Å². The maximum atomic E-state index is 6.31. The minimum absolute atomic E-state index is 0.221. The summed E-state index contributed by atoms with van der Waals surface area (Å²) >= 11 is 0. The van der Waals surface area contributed by atoms with E-state index in [1.165, 1.54) is 6.33 Å². The lowest BCUT2D eigenvalue weighted by Gasteiger charge is -2.11. The Kier molecular flexibility index (Phi) is 3.59. The second kappa shape index (κ2) is 5.92. The lowest BCUT2D eigenvalue weighted by Crippen LogP contribution is -2.04. The van der Waals surface area contributed by atoms with Gasteiger partial charge in [-0.2, -0.15) is 0 Å². The summed E-state index contributed by atoms with van der Waals surface area (Å²) in [5.41, 5.74) is 11.7. The Morgan fingerprint density at radius 3 is 2.61 bits per heavy atom. The highest BCUT2D eigenvalue weighted by Gasteiger charge is 2.35. The smallest absolute Gasteiger partial charge is 0.149 e. The van der Waals surface area contributed by atoms with Crippen molar-refractivity contribution in [3.8, 4) is 22.5 Å². The molecule has 28 heavy (non-hydrogen) atoms. The second-order valence-electron chi connectivity index (χ2n) is 7.85. The number of aryl methyl sites for hydroxylation is 1. The van der Waals surface area contributed by atoms with Crippen LogP contribution in [-0.2, 0) is 7.05 Å². The van der Waals surface area contributed by atoms with Crippen LogP contribution < -0.4 is 5.73 Å². The zero-order valence-corrected chi connectivity index (χ0v) is 16.5. The predicted octanol–water partition coefficient (Wildman–Crippen LogP) is 3.84. The van der Waals surface area contributed by atoms with Crippen LogP contribution >= 0.6 is 0 Å². The van der Waals surface area contributed by atoms with Crippen molar-refractivity contribution in [2.75, 3.05) is 5.73 Å². The van der Waals surface area contributed by atoms with Gasteiger partial charge in [0, 0.05) is 36.5 Å². The van der Waals surface area contributed by atoms with E-state index in [0.717, 1.165) is 57.8 Å². The Morgan fingerprint density at radius 2 is 1.96 bits per heavy atom. The number of rotatable bonds is 4. The number of hydrogen-bond donors (Lipinski definition) is 1. The van der Waals surface area contributed by atoms with Crippen molar-refractivity contribution in [2.24, 2.45) is 7.05 Å². The van der Waals surface area contributed by atoms with Crippen molar-refractivity contribution in [2.45, 2.75) is 45.6 Å². The molecule has 0 saturated heterocycles. The van der Waals surface area contributed by atoms with Crippen molar-refractivity contribution < 1.29 is 4.52 Å². The third-order valence-electron chi connectivity index (χ3n) is 5.44. The highest BCUT2D eigenvalue weighted by Crippen LogP contribution is 2.49. The Morgan fingerprint density at radius 1 is 1.18 bits per heavy atom. The van der Waals surface area contributed by atoms with E-state index in [0.29, 0.717) is 11.7 Å². The highest BCUT2D eigenvalue weighted by atomic mass is 16.5. The SMILES string of the molecule is Cc1c(-c2noc(C3CC3)c2-c2cn(C)cn2)c2c(N)ncnc2n1C(C)C. The molecule has 1 saturated carbocycles. The number of nitrogens with zero attached hydrogens (tertiary/aromatic N) is 6. The minimum atomic E-state index is 0.221. The molecule has 2 N–H and O–H groups in total. The van der Waals surface area contributed by atoms with Gasteiger partial charge in [-0.1, -0.05) is 5.16 Å². The first-order valence-corrected chi connectivity index (χ1v) is 9.56. The number of hydrogen-bond acceptors (Lipinski definition) is 6. The van der Waals surface area contributed by atoms with Crippen LogP contribution in [0.5, 0.6) is 0 Å². The summed E-state index contributed by atoms with van der Waals surface area (Å²) < 4.78 is 9.97. The topological polar surface area (TPSA) is 101 Å². The first-order chi connectivity index (χ1) is 13.5. The molecule has 8 heteroatoms. The molecule has 0 aromatic carbocycles. The summed E-state index contributed by atoms with van der Waals surface area (Å²) in [6, 6.07) is 0.221. The average molecular weight is 377 g/mol. The van der Waals surface area contributed by atoms with Gasteiger partial charge in [0.05, 0.1) is 23.0 Å². The van der Waals surface area contributed by atoms with Crippen LogP contribution in [0.1, 0.15) is 50.1 Å². The molecule has 0 atom stereocenters. The molecule has 1 fully saturated rings. The molecule has 1 aliphatic carbocycles. The fourth-order valence-electron chi connectivity index (χ4n) is 4.08. The van der Waals surface area contributed by atoms with Crippen molar-refractivity contribution in [1.29, 1.82) is 0 Å². The van der Waals surface area contributed by atoms with Gasteiger partial charge in [0.15, 0.2) is 0 Å². The highest BCUT2D eigenvalue weighted by molar-refractivity contribution is 6.04. The van der Waals surface area contributed by atoms with Gasteiger partial charge < -0.3 is 19.4 Å². The maximum Gasteiger partial charge on any atom is 0.149 e. The molecule has 4 aromatic rings. The van der Waals surface area contributed by atoms with Gasteiger partial charge in [-0.15, -0.1) is 0 Å². The van der Waals surface area contributed by atoms with Crippen LogP contribution in [0.15, 0.2) is 23.4 Å². The molecule has 4 heterocycles. The molecule has 4 aromatic heterocycles. The number of nitrogens with two attached hydrogens (primary N) is 1. The van der Waals surface area contributed by atoms with E-state index in [4.69, 9.17) is 10.3 Å². The Labute approximate surface area is 162 Å². The molecular formula is C20H23N7O. The molecule has 144 valence electrons. The Balaban J connectivity index is 1.86. The third-order valence-corrected chi connectivity index (χ3v) is 5.44. The van der Waals surface area contributed by atoms with E-state index in [2.05, 4.69) is 45.4 Å². The zero-order valence-electron chi connectivity index (χ0n) is 16.5. The van der Waals surface area contributed by atoms with Crippen molar-refractivity contribution >= 4 is 16.9 Å². The summed E-state index contributed by atoms with van der Waals surface area (Å²) in [4.78, 5) is 13.4. The first-order valence-electron chi connectivity index (χ1n) is 9.56. The summed E-state index contributed by atoms with van der Waals surface area (Å²) in [6.07, 6.45) is 7.54. The van der Waals surface area contributed by atoms with Crippen LogP contribution in [0.4, 0.5) is 5.82 Å². The molecule has 0 unspecified atom stereocenters. The molecule has 0 aliphatic heterocycles. The average Bonchev–Trinajstić information content (AvgIpc) is 3.12. The van der Waals surface area contributed by atoms with Gasteiger partial charge in [0.1, 0.15) is 29.2 Å². The number of nitrogen functional groups attached to an aromatic ring is 1. The largest absolute Gasteiger partial charge is 0.383 e. The van der Waals surface area contributed by atoms with Crippen molar-refractivity contribution in [3.05, 3.63) is 30.3 Å². The molecule has 1 aliphatic rings. The van der Waals surface area contributed by atoms with Gasteiger partial charge in [-0.05, 0) is 33.6 Å². The molecule has 0 amide bonds. The number of fused-ring (bicyclic) bond motifs is 1. The third kappa shape index (κ3) is 2.37. The summed E-state index contributed by atoms with van der Waals surface area (Å²) in [6.45, 7) is 6.34. The molecule has 0 spiro atoms. The molecule has 0 radical (unpaired) electrons. The monoisotopic (exact) mass is 377 g/mol. The standard InChI is InChI=1S/C20H23N7O/c1-10(2)27-11(3)14(16-19(21)22-8-23-20(16)27)17-15(13-7-26(4)9-24-13)18(28-25-17)12-5-6-12/h7-10,12H,5-6H2,1-4H3,(H2,21,22,23). The predicted molar refractivity (Wildman–Crippen MR) is 107 cm³/mol. The van der Waals surface area contributed by atoms with Gasteiger partial charge in [0.25, 0.3) is 0 Å². The fraction of sp³-hybridized carbons (Fsp3) is 0.400. The van der Waals surface area contributed by atoms with Crippen LogP contribution in [0.2, 0.25) is 0 Å². The Hall–Kier alpha value is -3.16. The second-order valence-corrected chi connectivity index (χ2v) is 7.85. The van der Waals surface area contributed by atoms with Crippen LogP contribution in [-0.4, -0.2) is 29.2 Å². The maximum absolute atomic E-state index is 6.31. The minimum Gasteiger partial charge on any atom is -0.383 e. The molecule has 0 bridgehead atoms. The Bertz CT molecular complexity index is 1190. The van der Waals surface area contributed by atoms with Gasteiger partial charge in [-0.3, -0.25) is 0 Å². The lowest BCUT2D eigenvalue weighted by molar-refractivity contribution is 0.387. The lowest BCUT2D eigenvalue weighted by atomic mass is 10.0. The first kappa shape index (κ1) is 17.0. The van der Waals surface area contributed by atoms with E-state index in [1.54, 1.807) is 6.33 Å². The quantitative estimate of drug-likeness (QED) is 0.580. The summed E-state index contributed by atoms with van der Waals surface area (Å²) in [5, 5.41) is 5.33. The summed E-state index contributed by atoms with van der Waals surface area (Å²) in [5.74, 6) is 1.77. The fourth-order valence-corrected chi connectivity index (χ4v) is 4.08.